The molecule has 0 radical (unpaired) electrons. The molecule has 5 nitrogen and oxygen atoms in total. The van der Waals surface area contributed by atoms with Gasteiger partial charge in [-0.3, -0.25) is 9.59 Å². The highest BCUT2D eigenvalue weighted by atomic mass is 16.5. The molecule has 0 aliphatic carbocycles. The van der Waals surface area contributed by atoms with E-state index in [0.717, 1.165) is 11.3 Å². The Kier molecular flexibility index (Phi) is 5.60. The molecule has 0 saturated heterocycles. The molecule has 0 aliphatic rings. The van der Waals surface area contributed by atoms with E-state index in [9.17, 15) is 9.59 Å². The van der Waals surface area contributed by atoms with E-state index in [1.54, 1.807) is 32.2 Å². The summed E-state index contributed by atoms with van der Waals surface area (Å²) in [5.41, 5.74) is 0.848. The lowest BCUT2D eigenvalue weighted by Crippen LogP contribution is -2.34. The van der Waals surface area contributed by atoms with Crippen molar-refractivity contribution in [2.24, 2.45) is 0 Å². The fourth-order valence-electron chi connectivity index (χ4n) is 1.50. The van der Waals surface area contributed by atoms with Crippen LogP contribution in [0.25, 0.3) is 6.08 Å². The van der Waals surface area contributed by atoms with Gasteiger partial charge in [-0.15, -0.1) is 0 Å². The monoisotopic (exact) mass is 263 g/mol. The third-order valence-electron chi connectivity index (χ3n) is 2.55. The van der Waals surface area contributed by atoms with Gasteiger partial charge in [0.2, 0.25) is 5.91 Å². The summed E-state index contributed by atoms with van der Waals surface area (Å²) in [6.45, 7) is 1.81. The van der Waals surface area contributed by atoms with E-state index in [-0.39, 0.29) is 12.5 Å². The number of ether oxygens (including phenoxy) is 1. The summed E-state index contributed by atoms with van der Waals surface area (Å²) in [5.74, 6) is -0.599. The first-order chi connectivity index (χ1) is 9.06. The summed E-state index contributed by atoms with van der Waals surface area (Å²) in [5, 5.41) is 8.67. The van der Waals surface area contributed by atoms with E-state index in [1.807, 2.05) is 12.1 Å². The van der Waals surface area contributed by atoms with Crippen molar-refractivity contribution in [3.63, 3.8) is 0 Å². The first kappa shape index (κ1) is 14.8. The minimum absolute atomic E-state index is 0.289. The van der Waals surface area contributed by atoms with Crippen LogP contribution in [-0.2, 0) is 9.59 Å². The van der Waals surface area contributed by atoms with Gasteiger partial charge in [0.05, 0.1) is 7.11 Å². The fraction of sp³-hybridized carbons (Fsp3) is 0.286. The van der Waals surface area contributed by atoms with Gasteiger partial charge in [0.15, 0.2) is 0 Å². The Labute approximate surface area is 112 Å². The zero-order valence-electron chi connectivity index (χ0n) is 11.0. The highest BCUT2D eigenvalue weighted by Gasteiger charge is 2.11. The quantitative estimate of drug-likeness (QED) is 0.792. The molecule has 0 unspecified atom stereocenters. The number of carbonyl (C=O) groups is 2. The van der Waals surface area contributed by atoms with Crippen molar-refractivity contribution in [3.05, 3.63) is 35.9 Å². The number of rotatable bonds is 6. The van der Waals surface area contributed by atoms with Gasteiger partial charge >= 0.3 is 5.97 Å². The molecule has 5 heteroatoms. The van der Waals surface area contributed by atoms with Gasteiger partial charge in [0.1, 0.15) is 12.3 Å². The summed E-state index contributed by atoms with van der Waals surface area (Å²) in [6, 6.07) is 7.21. The van der Waals surface area contributed by atoms with Crippen LogP contribution >= 0.6 is 0 Å². The van der Waals surface area contributed by atoms with E-state index >= 15 is 0 Å². The fourth-order valence-corrected chi connectivity index (χ4v) is 1.50. The lowest BCUT2D eigenvalue weighted by molar-refractivity contribution is -0.142. The molecule has 0 aliphatic heterocycles. The molecule has 1 aromatic carbocycles. The second kappa shape index (κ2) is 7.20. The molecule has 0 fully saturated rings. The van der Waals surface area contributed by atoms with E-state index in [2.05, 4.69) is 0 Å². The summed E-state index contributed by atoms with van der Waals surface area (Å²) in [4.78, 5) is 23.6. The Balaban J connectivity index is 2.68. The molecule has 1 amide bonds. The number of carboxylic acid groups (broad SMARTS) is 1. The van der Waals surface area contributed by atoms with E-state index < -0.39 is 5.97 Å². The van der Waals surface area contributed by atoms with Crippen molar-refractivity contribution in [2.75, 3.05) is 20.2 Å². The number of aliphatic carboxylic acids is 1. The average Bonchev–Trinajstić information content (AvgIpc) is 2.42. The smallest absolute Gasteiger partial charge is 0.323 e. The number of nitrogens with zero attached hydrogens (tertiary/aromatic N) is 1. The minimum Gasteiger partial charge on any atom is -0.497 e. The molecule has 0 aromatic heterocycles. The van der Waals surface area contributed by atoms with Crippen molar-refractivity contribution in [2.45, 2.75) is 6.92 Å². The number of methoxy groups -OCH3 is 1. The Bertz CT molecular complexity index is 465. The molecule has 0 spiro atoms. The molecule has 1 N–H and O–H groups in total. The molecule has 1 aromatic rings. The largest absolute Gasteiger partial charge is 0.497 e. The van der Waals surface area contributed by atoms with Crippen LogP contribution in [-0.4, -0.2) is 42.1 Å². The summed E-state index contributed by atoms with van der Waals surface area (Å²) >= 11 is 0. The van der Waals surface area contributed by atoms with Gasteiger partial charge in [-0.25, -0.2) is 0 Å². The van der Waals surface area contributed by atoms with Crippen LogP contribution in [0.3, 0.4) is 0 Å². The third-order valence-corrected chi connectivity index (χ3v) is 2.55. The second-order valence-corrected chi connectivity index (χ2v) is 3.85. The third kappa shape index (κ3) is 4.83. The van der Waals surface area contributed by atoms with Gasteiger partial charge in [0.25, 0.3) is 0 Å². The van der Waals surface area contributed by atoms with Crippen LogP contribution in [0.2, 0.25) is 0 Å². The summed E-state index contributed by atoms with van der Waals surface area (Å²) in [7, 11) is 1.58. The first-order valence-electron chi connectivity index (χ1n) is 5.89. The van der Waals surface area contributed by atoms with Gasteiger partial charge in [-0.2, -0.15) is 0 Å². The van der Waals surface area contributed by atoms with Crippen LogP contribution in [0.1, 0.15) is 12.5 Å². The van der Waals surface area contributed by atoms with Crippen molar-refractivity contribution >= 4 is 18.0 Å². The average molecular weight is 263 g/mol. The highest BCUT2D eigenvalue weighted by Crippen LogP contribution is 2.12. The predicted molar refractivity (Wildman–Crippen MR) is 71.9 cm³/mol. The molecule has 102 valence electrons. The Hall–Kier alpha value is -2.30. The minimum atomic E-state index is -1.02. The molecule has 0 saturated carbocycles. The molecule has 0 atom stereocenters. The maximum absolute atomic E-state index is 11.8. The maximum Gasteiger partial charge on any atom is 0.323 e. The second-order valence-electron chi connectivity index (χ2n) is 3.85. The number of amides is 1. The predicted octanol–water partition coefficient (Wildman–Crippen LogP) is 1.64. The van der Waals surface area contributed by atoms with E-state index in [4.69, 9.17) is 9.84 Å². The number of likely N-dealkylation sites (N-methyl/N-ethyl adjacent to an activating group) is 1. The Morgan fingerprint density at radius 1 is 1.32 bits per heavy atom. The van der Waals surface area contributed by atoms with Crippen molar-refractivity contribution in [3.8, 4) is 5.75 Å². The normalized spacial score (nSPS) is 10.4. The van der Waals surface area contributed by atoms with Crippen LogP contribution in [0.15, 0.2) is 30.3 Å². The maximum atomic E-state index is 11.8. The lowest BCUT2D eigenvalue weighted by atomic mass is 10.2. The molecular weight excluding hydrogens is 246 g/mol. The topological polar surface area (TPSA) is 66.8 Å². The van der Waals surface area contributed by atoms with Gasteiger partial charge in [-0.05, 0) is 30.7 Å². The summed E-state index contributed by atoms with van der Waals surface area (Å²) in [6.07, 6.45) is 3.01. The SMILES string of the molecule is CCN(CC(=O)O)C(=O)/C=C/c1ccc(OC)cc1. The van der Waals surface area contributed by atoms with Crippen molar-refractivity contribution in [1.82, 2.24) is 4.90 Å². The summed E-state index contributed by atoms with van der Waals surface area (Å²) < 4.78 is 5.03. The van der Waals surface area contributed by atoms with Crippen LogP contribution in [0, 0.1) is 0 Å². The number of benzene rings is 1. The van der Waals surface area contributed by atoms with Crippen molar-refractivity contribution < 1.29 is 19.4 Å². The zero-order chi connectivity index (χ0) is 14.3. The zero-order valence-corrected chi connectivity index (χ0v) is 11.0. The molecule has 19 heavy (non-hydrogen) atoms. The van der Waals surface area contributed by atoms with E-state index in [1.165, 1.54) is 11.0 Å². The number of hydrogen-bond acceptors (Lipinski definition) is 3. The standard InChI is InChI=1S/C14H17NO4/c1-3-15(10-14(17)18)13(16)9-6-11-4-7-12(19-2)8-5-11/h4-9H,3,10H2,1-2H3,(H,17,18)/b9-6+. The Morgan fingerprint density at radius 2 is 1.95 bits per heavy atom. The van der Waals surface area contributed by atoms with Crippen LogP contribution in [0.5, 0.6) is 5.75 Å². The Morgan fingerprint density at radius 3 is 2.42 bits per heavy atom. The number of carbonyl (C=O) groups excluding carboxylic acids is 1. The number of hydrogen-bond donors (Lipinski definition) is 1. The van der Waals surface area contributed by atoms with Crippen LogP contribution in [0.4, 0.5) is 0 Å². The van der Waals surface area contributed by atoms with Crippen LogP contribution < -0.4 is 4.74 Å². The number of carboxylic acids is 1. The first-order valence-corrected chi connectivity index (χ1v) is 5.89. The lowest BCUT2D eigenvalue weighted by Gasteiger charge is -2.15. The van der Waals surface area contributed by atoms with E-state index in [0.29, 0.717) is 6.54 Å². The molecule has 1 rings (SSSR count). The van der Waals surface area contributed by atoms with Gasteiger partial charge in [-0.1, -0.05) is 12.1 Å². The van der Waals surface area contributed by atoms with Crippen molar-refractivity contribution in [1.29, 1.82) is 0 Å². The molecule has 0 heterocycles. The highest BCUT2D eigenvalue weighted by molar-refractivity contribution is 5.93. The van der Waals surface area contributed by atoms with Gasteiger partial charge in [0, 0.05) is 12.6 Å². The molecule has 0 bridgehead atoms. The molecular formula is C14H17NO4. The van der Waals surface area contributed by atoms with Gasteiger partial charge < -0.3 is 14.7 Å².